The third-order valence-corrected chi connectivity index (χ3v) is 2.95. The van der Waals surface area contributed by atoms with Gasteiger partial charge in [-0.25, -0.2) is 4.79 Å². The van der Waals surface area contributed by atoms with Crippen LogP contribution in [0.15, 0.2) is 10.5 Å². The van der Waals surface area contributed by atoms with Crippen molar-refractivity contribution in [1.82, 2.24) is 0 Å². The molecule has 13 heavy (non-hydrogen) atoms. The van der Waals surface area contributed by atoms with Gasteiger partial charge >= 0.3 is 5.97 Å². The Labute approximate surface area is 84.1 Å². The monoisotopic (exact) mass is 244 g/mol. The molecule has 0 aromatic heterocycles. The van der Waals surface area contributed by atoms with Gasteiger partial charge in [0.15, 0.2) is 0 Å². The van der Waals surface area contributed by atoms with Gasteiger partial charge in [0, 0.05) is 0 Å². The first-order chi connectivity index (χ1) is 5.95. The zero-order valence-corrected chi connectivity index (χ0v) is 8.84. The predicted octanol–water partition coefficient (Wildman–Crippen LogP) is 2.47. The van der Waals surface area contributed by atoms with Crippen molar-refractivity contribution in [2.75, 3.05) is 0 Å². The van der Waals surface area contributed by atoms with Crippen molar-refractivity contribution in [2.45, 2.75) is 13.8 Å². The van der Waals surface area contributed by atoms with E-state index in [1.54, 1.807) is 6.92 Å². The van der Waals surface area contributed by atoms with E-state index in [2.05, 4.69) is 15.9 Å². The molecule has 4 heteroatoms. The van der Waals surface area contributed by atoms with Crippen molar-refractivity contribution in [3.05, 3.63) is 27.2 Å². The lowest BCUT2D eigenvalue weighted by Gasteiger charge is -2.08. The number of benzene rings is 1. The van der Waals surface area contributed by atoms with Crippen molar-refractivity contribution in [2.24, 2.45) is 0 Å². The minimum Gasteiger partial charge on any atom is -0.506 e. The molecule has 0 unspecified atom stereocenters. The van der Waals surface area contributed by atoms with Crippen LogP contribution < -0.4 is 0 Å². The first-order valence-corrected chi connectivity index (χ1v) is 4.46. The quantitative estimate of drug-likeness (QED) is 0.798. The summed E-state index contributed by atoms with van der Waals surface area (Å²) in [6.07, 6.45) is 0. The summed E-state index contributed by atoms with van der Waals surface area (Å²) in [4.78, 5) is 10.7. The lowest BCUT2D eigenvalue weighted by atomic mass is 10.1. The highest BCUT2D eigenvalue weighted by molar-refractivity contribution is 9.10. The van der Waals surface area contributed by atoms with Crippen LogP contribution in [-0.4, -0.2) is 16.2 Å². The Morgan fingerprint density at radius 2 is 2.00 bits per heavy atom. The first kappa shape index (κ1) is 10.1. The SMILES string of the molecule is Cc1cc(C(=O)O)c(O)c(Br)c1C. The number of carbonyl (C=O) groups is 1. The summed E-state index contributed by atoms with van der Waals surface area (Å²) in [5.41, 5.74) is 1.61. The van der Waals surface area contributed by atoms with Crippen LogP contribution in [0, 0.1) is 13.8 Å². The standard InChI is InChI=1S/C9H9BrO3/c1-4-3-6(9(12)13)8(11)7(10)5(4)2/h3,11H,1-2H3,(H,12,13). The molecule has 0 fully saturated rings. The number of aromatic carboxylic acids is 1. The number of carboxylic acid groups (broad SMARTS) is 1. The van der Waals surface area contributed by atoms with E-state index in [1.165, 1.54) is 6.07 Å². The fourth-order valence-electron chi connectivity index (χ4n) is 1.03. The van der Waals surface area contributed by atoms with Gasteiger partial charge in [0.05, 0.1) is 4.47 Å². The molecule has 0 amide bonds. The maximum atomic E-state index is 10.7. The van der Waals surface area contributed by atoms with Gasteiger partial charge in [-0.3, -0.25) is 0 Å². The number of rotatable bonds is 1. The number of phenols is 1. The van der Waals surface area contributed by atoms with E-state index >= 15 is 0 Å². The summed E-state index contributed by atoms with van der Waals surface area (Å²) in [6, 6.07) is 1.46. The van der Waals surface area contributed by atoms with Gasteiger partial charge in [0.2, 0.25) is 0 Å². The number of hydrogen-bond donors (Lipinski definition) is 2. The molecule has 1 aromatic carbocycles. The van der Waals surface area contributed by atoms with Crippen molar-refractivity contribution in [3.63, 3.8) is 0 Å². The molecule has 2 N–H and O–H groups in total. The Morgan fingerprint density at radius 1 is 1.46 bits per heavy atom. The number of hydrogen-bond acceptors (Lipinski definition) is 2. The predicted molar refractivity (Wildman–Crippen MR) is 52.2 cm³/mol. The van der Waals surface area contributed by atoms with Crippen LogP contribution in [-0.2, 0) is 0 Å². The van der Waals surface area contributed by atoms with Gasteiger partial charge in [-0.05, 0) is 47.0 Å². The minimum absolute atomic E-state index is 0.0741. The molecule has 0 saturated heterocycles. The maximum absolute atomic E-state index is 10.7. The molecule has 0 atom stereocenters. The molecule has 0 aliphatic heterocycles. The molecule has 0 bridgehead atoms. The molecule has 70 valence electrons. The van der Waals surface area contributed by atoms with Crippen molar-refractivity contribution >= 4 is 21.9 Å². The highest BCUT2D eigenvalue weighted by atomic mass is 79.9. The Hall–Kier alpha value is -1.03. The summed E-state index contributed by atoms with van der Waals surface area (Å²) in [5, 5.41) is 18.2. The van der Waals surface area contributed by atoms with Crippen LogP contribution in [0.2, 0.25) is 0 Å². The van der Waals surface area contributed by atoms with E-state index in [1.807, 2.05) is 6.92 Å². The second-order valence-corrected chi connectivity index (χ2v) is 3.63. The van der Waals surface area contributed by atoms with E-state index in [9.17, 15) is 9.90 Å². The van der Waals surface area contributed by atoms with E-state index < -0.39 is 5.97 Å². The Morgan fingerprint density at radius 3 is 2.46 bits per heavy atom. The van der Waals surface area contributed by atoms with Crippen LogP contribution in [0.5, 0.6) is 5.75 Å². The number of carboxylic acids is 1. The van der Waals surface area contributed by atoms with Crippen LogP contribution in [0.1, 0.15) is 21.5 Å². The van der Waals surface area contributed by atoms with Crippen molar-refractivity contribution in [3.8, 4) is 5.75 Å². The largest absolute Gasteiger partial charge is 0.506 e. The summed E-state index contributed by atoms with van der Waals surface area (Å²) < 4.78 is 0.449. The number of halogens is 1. The fourth-order valence-corrected chi connectivity index (χ4v) is 1.55. The third kappa shape index (κ3) is 1.67. The number of aromatic hydroxyl groups is 1. The lowest BCUT2D eigenvalue weighted by molar-refractivity contribution is 0.0693. The molecule has 0 saturated carbocycles. The average Bonchev–Trinajstić information content (AvgIpc) is 2.07. The normalized spacial score (nSPS) is 10.1. The lowest BCUT2D eigenvalue weighted by Crippen LogP contribution is -1.99. The maximum Gasteiger partial charge on any atom is 0.339 e. The summed E-state index contributed by atoms with van der Waals surface area (Å²) in [5.74, 6) is -1.34. The fraction of sp³-hybridized carbons (Fsp3) is 0.222. The minimum atomic E-state index is -1.12. The van der Waals surface area contributed by atoms with Gasteiger partial charge in [-0.15, -0.1) is 0 Å². The van der Waals surface area contributed by atoms with Crippen LogP contribution in [0.25, 0.3) is 0 Å². The van der Waals surface area contributed by atoms with Gasteiger partial charge < -0.3 is 10.2 Å². The second-order valence-electron chi connectivity index (χ2n) is 2.83. The summed E-state index contributed by atoms with van der Waals surface area (Å²) in [7, 11) is 0. The molecule has 3 nitrogen and oxygen atoms in total. The molecular formula is C9H9BrO3. The molecule has 0 heterocycles. The number of aryl methyl sites for hydroxylation is 1. The Bertz CT molecular complexity index is 372. The topological polar surface area (TPSA) is 57.5 Å². The van der Waals surface area contributed by atoms with E-state index in [4.69, 9.17) is 5.11 Å². The van der Waals surface area contributed by atoms with Crippen molar-refractivity contribution < 1.29 is 15.0 Å². The molecule has 0 aliphatic rings. The van der Waals surface area contributed by atoms with Gasteiger partial charge in [-0.1, -0.05) is 0 Å². The Balaban J connectivity index is 3.50. The molecule has 0 spiro atoms. The van der Waals surface area contributed by atoms with Gasteiger partial charge in [0.1, 0.15) is 11.3 Å². The van der Waals surface area contributed by atoms with E-state index in [0.29, 0.717) is 4.47 Å². The van der Waals surface area contributed by atoms with Crippen molar-refractivity contribution in [1.29, 1.82) is 0 Å². The average molecular weight is 245 g/mol. The third-order valence-electron chi connectivity index (χ3n) is 1.98. The van der Waals surface area contributed by atoms with E-state index in [0.717, 1.165) is 11.1 Å². The highest BCUT2D eigenvalue weighted by Gasteiger charge is 2.15. The van der Waals surface area contributed by atoms with Gasteiger partial charge in [-0.2, -0.15) is 0 Å². The van der Waals surface area contributed by atoms with Crippen LogP contribution in [0.3, 0.4) is 0 Å². The Kier molecular flexibility index (Phi) is 2.61. The smallest absolute Gasteiger partial charge is 0.339 e. The highest BCUT2D eigenvalue weighted by Crippen LogP contribution is 2.33. The van der Waals surface area contributed by atoms with Crippen LogP contribution >= 0.6 is 15.9 Å². The van der Waals surface area contributed by atoms with Crippen LogP contribution in [0.4, 0.5) is 0 Å². The van der Waals surface area contributed by atoms with Gasteiger partial charge in [0.25, 0.3) is 0 Å². The first-order valence-electron chi connectivity index (χ1n) is 3.67. The zero-order chi connectivity index (χ0) is 10.2. The molecule has 0 radical (unpaired) electrons. The summed E-state index contributed by atoms with van der Waals surface area (Å²) in [6.45, 7) is 3.61. The zero-order valence-electron chi connectivity index (χ0n) is 7.26. The van der Waals surface area contributed by atoms with E-state index in [-0.39, 0.29) is 11.3 Å². The molecular weight excluding hydrogens is 236 g/mol. The molecule has 1 rings (SSSR count). The second kappa shape index (κ2) is 3.38. The summed E-state index contributed by atoms with van der Waals surface area (Å²) >= 11 is 3.14. The molecule has 1 aromatic rings. The molecule has 0 aliphatic carbocycles.